The molecular weight excluding hydrogens is 263 g/mol. The number of nitro groups is 1. The number of rotatable bonds is 6. The standard InChI is InChI=1S/C10H13FN2O4S/c1-18(16,17)6-2-5-12-9-4-3-8(11)7-10(9)13(14)15/h3-4,7,12H,2,5-6H2,1H3. The van der Waals surface area contributed by atoms with Crippen LogP contribution in [0.15, 0.2) is 18.2 Å². The van der Waals surface area contributed by atoms with Crippen molar-refractivity contribution in [3.8, 4) is 0 Å². The van der Waals surface area contributed by atoms with E-state index in [1.165, 1.54) is 6.07 Å². The summed E-state index contributed by atoms with van der Waals surface area (Å²) in [6, 6.07) is 3.18. The van der Waals surface area contributed by atoms with Crippen LogP contribution in [0.2, 0.25) is 0 Å². The summed E-state index contributed by atoms with van der Waals surface area (Å²) in [7, 11) is -3.05. The third-order valence-corrected chi connectivity index (χ3v) is 3.19. The third kappa shape index (κ3) is 4.66. The number of sulfone groups is 1. The Hall–Kier alpha value is -1.70. The average Bonchev–Trinajstić information content (AvgIpc) is 2.24. The number of hydrogen-bond donors (Lipinski definition) is 1. The molecule has 0 heterocycles. The molecule has 0 aromatic heterocycles. The van der Waals surface area contributed by atoms with Gasteiger partial charge in [-0.2, -0.15) is 0 Å². The van der Waals surface area contributed by atoms with Gasteiger partial charge in [0.15, 0.2) is 0 Å². The van der Waals surface area contributed by atoms with Crippen molar-refractivity contribution in [3.05, 3.63) is 34.1 Å². The molecule has 1 N–H and O–H groups in total. The quantitative estimate of drug-likeness (QED) is 0.484. The Bertz CT molecular complexity index is 545. The van der Waals surface area contributed by atoms with Crippen molar-refractivity contribution < 1.29 is 17.7 Å². The van der Waals surface area contributed by atoms with Crippen LogP contribution in [-0.4, -0.2) is 31.9 Å². The number of nitro benzene ring substituents is 1. The molecule has 18 heavy (non-hydrogen) atoms. The molecule has 0 amide bonds. The van der Waals surface area contributed by atoms with Crippen LogP contribution in [0.1, 0.15) is 6.42 Å². The fourth-order valence-corrected chi connectivity index (χ4v) is 2.03. The van der Waals surface area contributed by atoms with Gasteiger partial charge in [-0.15, -0.1) is 0 Å². The van der Waals surface area contributed by atoms with E-state index in [4.69, 9.17) is 0 Å². The van der Waals surface area contributed by atoms with Crippen LogP contribution < -0.4 is 5.32 Å². The lowest BCUT2D eigenvalue weighted by Gasteiger charge is -2.06. The molecule has 0 unspecified atom stereocenters. The van der Waals surface area contributed by atoms with Crippen LogP contribution in [-0.2, 0) is 9.84 Å². The predicted molar refractivity (Wildman–Crippen MR) is 65.9 cm³/mol. The van der Waals surface area contributed by atoms with Gasteiger partial charge in [0.25, 0.3) is 5.69 Å². The predicted octanol–water partition coefficient (Wildman–Crippen LogP) is 1.58. The fraction of sp³-hybridized carbons (Fsp3) is 0.400. The van der Waals surface area contributed by atoms with Gasteiger partial charge >= 0.3 is 0 Å². The minimum atomic E-state index is -3.05. The molecule has 0 atom stereocenters. The first-order valence-corrected chi connectivity index (χ1v) is 7.21. The summed E-state index contributed by atoms with van der Waals surface area (Å²) < 4.78 is 34.6. The molecule has 0 fully saturated rings. The van der Waals surface area contributed by atoms with Crippen molar-refractivity contribution in [2.75, 3.05) is 23.9 Å². The second kappa shape index (κ2) is 5.76. The first-order valence-electron chi connectivity index (χ1n) is 5.15. The lowest BCUT2D eigenvalue weighted by atomic mass is 10.2. The molecule has 0 radical (unpaired) electrons. The molecule has 0 spiro atoms. The second-order valence-electron chi connectivity index (χ2n) is 3.83. The first kappa shape index (κ1) is 14.4. The van der Waals surface area contributed by atoms with Crippen LogP contribution in [0, 0.1) is 15.9 Å². The molecule has 0 aliphatic rings. The molecule has 0 aliphatic heterocycles. The van der Waals surface area contributed by atoms with Gasteiger partial charge in [-0.05, 0) is 18.6 Å². The van der Waals surface area contributed by atoms with E-state index in [0.29, 0.717) is 6.42 Å². The summed E-state index contributed by atoms with van der Waals surface area (Å²) in [6.45, 7) is 0.263. The van der Waals surface area contributed by atoms with Crippen molar-refractivity contribution in [3.63, 3.8) is 0 Å². The Balaban J connectivity index is 2.65. The summed E-state index contributed by atoms with van der Waals surface area (Å²) >= 11 is 0. The van der Waals surface area contributed by atoms with E-state index < -0.39 is 20.6 Å². The molecule has 0 saturated carbocycles. The van der Waals surface area contributed by atoms with Gasteiger partial charge in [0.1, 0.15) is 21.3 Å². The van der Waals surface area contributed by atoms with E-state index in [1.807, 2.05) is 0 Å². The second-order valence-corrected chi connectivity index (χ2v) is 6.09. The summed E-state index contributed by atoms with van der Waals surface area (Å²) in [6.07, 6.45) is 1.45. The van der Waals surface area contributed by atoms with E-state index in [1.54, 1.807) is 0 Å². The minimum absolute atomic E-state index is 0.00497. The number of benzene rings is 1. The number of nitrogens with one attached hydrogen (secondary N) is 1. The Kier molecular flexibility index (Phi) is 4.60. The highest BCUT2D eigenvalue weighted by Gasteiger charge is 2.14. The van der Waals surface area contributed by atoms with E-state index in [2.05, 4.69) is 5.32 Å². The summed E-state index contributed by atoms with van der Waals surface area (Å²) in [5.74, 6) is -0.696. The van der Waals surface area contributed by atoms with Gasteiger partial charge in [0.05, 0.1) is 16.7 Å². The van der Waals surface area contributed by atoms with Crippen molar-refractivity contribution in [1.82, 2.24) is 0 Å². The number of anilines is 1. The largest absolute Gasteiger partial charge is 0.379 e. The molecule has 0 bridgehead atoms. The molecule has 8 heteroatoms. The van der Waals surface area contributed by atoms with E-state index >= 15 is 0 Å². The van der Waals surface area contributed by atoms with Gasteiger partial charge < -0.3 is 5.32 Å². The summed E-state index contributed by atoms with van der Waals surface area (Å²) in [5.41, 5.74) is -0.191. The first-order chi connectivity index (χ1) is 8.29. The number of nitrogens with zero attached hydrogens (tertiary/aromatic N) is 1. The zero-order valence-corrected chi connectivity index (χ0v) is 10.5. The maximum Gasteiger partial charge on any atom is 0.295 e. The van der Waals surface area contributed by atoms with Crippen LogP contribution >= 0.6 is 0 Å². The topological polar surface area (TPSA) is 89.3 Å². The van der Waals surface area contributed by atoms with Crippen LogP contribution in [0.3, 0.4) is 0 Å². The van der Waals surface area contributed by atoms with Crippen LogP contribution in [0.4, 0.5) is 15.8 Å². The average molecular weight is 276 g/mol. The lowest BCUT2D eigenvalue weighted by Crippen LogP contribution is -2.10. The van der Waals surface area contributed by atoms with Gasteiger partial charge in [-0.3, -0.25) is 10.1 Å². The van der Waals surface area contributed by atoms with Crippen molar-refractivity contribution in [2.24, 2.45) is 0 Å². The highest BCUT2D eigenvalue weighted by atomic mass is 32.2. The SMILES string of the molecule is CS(=O)(=O)CCCNc1ccc(F)cc1[N+](=O)[O-]. The molecule has 100 valence electrons. The normalized spacial score (nSPS) is 11.2. The molecule has 6 nitrogen and oxygen atoms in total. The fourth-order valence-electron chi connectivity index (χ4n) is 1.36. The molecular formula is C10H13FN2O4S. The third-order valence-electron chi connectivity index (χ3n) is 2.16. The summed E-state index contributed by atoms with van der Waals surface area (Å²) in [5, 5.41) is 13.4. The van der Waals surface area contributed by atoms with Crippen molar-refractivity contribution in [1.29, 1.82) is 0 Å². The van der Waals surface area contributed by atoms with Gasteiger partial charge in [-0.1, -0.05) is 0 Å². The Morgan fingerprint density at radius 3 is 2.67 bits per heavy atom. The Morgan fingerprint density at radius 2 is 2.11 bits per heavy atom. The van der Waals surface area contributed by atoms with E-state index in [9.17, 15) is 22.9 Å². The maximum absolute atomic E-state index is 12.8. The van der Waals surface area contributed by atoms with Crippen molar-refractivity contribution >= 4 is 21.2 Å². The highest BCUT2D eigenvalue weighted by Crippen LogP contribution is 2.24. The van der Waals surface area contributed by atoms with Crippen LogP contribution in [0.5, 0.6) is 0 Å². The van der Waals surface area contributed by atoms with Crippen LogP contribution in [0.25, 0.3) is 0 Å². The molecule has 1 aromatic rings. The smallest absolute Gasteiger partial charge is 0.295 e. The lowest BCUT2D eigenvalue weighted by molar-refractivity contribution is -0.384. The van der Waals surface area contributed by atoms with Gasteiger partial charge in [-0.25, -0.2) is 12.8 Å². The zero-order chi connectivity index (χ0) is 13.8. The van der Waals surface area contributed by atoms with Crippen molar-refractivity contribution in [2.45, 2.75) is 6.42 Å². The number of hydrogen-bond acceptors (Lipinski definition) is 5. The Labute approximate surface area is 104 Å². The van der Waals surface area contributed by atoms with Gasteiger partial charge in [0.2, 0.25) is 0 Å². The molecule has 0 saturated heterocycles. The molecule has 0 aliphatic carbocycles. The minimum Gasteiger partial charge on any atom is -0.379 e. The Morgan fingerprint density at radius 1 is 1.44 bits per heavy atom. The zero-order valence-electron chi connectivity index (χ0n) is 9.72. The van der Waals surface area contributed by atoms with E-state index in [-0.39, 0.29) is 23.7 Å². The molecule has 1 rings (SSSR count). The summed E-state index contributed by atoms with van der Waals surface area (Å²) in [4.78, 5) is 9.98. The maximum atomic E-state index is 12.8. The molecule has 1 aromatic carbocycles. The highest BCUT2D eigenvalue weighted by molar-refractivity contribution is 7.90. The van der Waals surface area contributed by atoms with E-state index in [0.717, 1.165) is 18.4 Å². The number of halogens is 1. The monoisotopic (exact) mass is 276 g/mol. The van der Waals surface area contributed by atoms with Gasteiger partial charge in [0, 0.05) is 12.8 Å².